The predicted octanol–water partition coefficient (Wildman–Crippen LogP) is 2.64. The zero-order valence-electron chi connectivity index (χ0n) is 10.5. The van der Waals surface area contributed by atoms with Gasteiger partial charge in [0.2, 0.25) is 0 Å². The maximum absolute atomic E-state index is 11.3. The molecule has 1 aliphatic rings. The molecule has 0 amide bonds. The highest BCUT2D eigenvalue weighted by Crippen LogP contribution is 2.29. The fraction of sp³-hybridized carbons (Fsp3) is 0.462. The quantitative estimate of drug-likeness (QED) is 0.468. The minimum Gasteiger partial charge on any atom is -0.371 e. The molecule has 1 heterocycles. The molecule has 1 aromatic carbocycles. The number of hydrogen-bond donors (Lipinski definition) is 0. The van der Waals surface area contributed by atoms with Gasteiger partial charge in [0.15, 0.2) is 5.78 Å². The topological polar surface area (TPSA) is 63.5 Å². The Morgan fingerprint density at radius 1 is 1.50 bits per heavy atom. The molecule has 0 aliphatic carbocycles. The van der Waals surface area contributed by atoms with Crippen molar-refractivity contribution in [2.75, 3.05) is 18.0 Å². The van der Waals surface area contributed by atoms with E-state index >= 15 is 0 Å². The van der Waals surface area contributed by atoms with Crippen molar-refractivity contribution in [1.82, 2.24) is 0 Å². The zero-order valence-corrected chi connectivity index (χ0v) is 10.5. The second kappa shape index (κ2) is 4.76. The number of benzene rings is 1. The first-order valence-corrected chi connectivity index (χ1v) is 6.03. The lowest BCUT2D eigenvalue weighted by atomic mass is 10.1. The summed E-state index contributed by atoms with van der Waals surface area (Å²) in [5.74, 6) is 0.333. The first-order chi connectivity index (χ1) is 8.49. The highest BCUT2D eigenvalue weighted by Gasteiger charge is 2.23. The van der Waals surface area contributed by atoms with Crippen molar-refractivity contribution in [2.45, 2.75) is 20.3 Å². The van der Waals surface area contributed by atoms with E-state index in [1.807, 2.05) is 0 Å². The molecule has 1 aromatic rings. The SMILES string of the molecule is CC(=O)c1ccc(N2CCC(C)C2)cc1[N+](=O)[O-]. The molecule has 96 valence electrons. The van der Waals surface area contributed by atoms with Crippen molar-refractivity contribution in [3.63, 3.8) is 0 Å². The Morgan fingerprint density at radius 2 is 2.22 bits per heavy atom. The lowest BCUT2D eigenvalue weighted by Crippen LogP contribution is -2.19. The Hall–Kier alpha value is -1.91. The standard InChI is InChI=1S/C13H16N2O3/c1-9-5-6-14(8-9)11-3-4-12(10(2)16)13(7-11)15(17)18/h3-4,7,9H,5-6,8H2,1-2H3. The highest BCUT2D eigenvalue weighted by molar-refractivity contribution is 5.98. The summed E-state index contributed by atoms with van der Waals surface area (Å²) in [6.07, 6.45) is 1.10. The molecule has 1 unspecified atom stereocenters. The van der Waals surface area contributed by atoms with Crippen LogP contribution in [0.2, 0.25) is 0 Å². The van der Waals surface area contributed by atoms with E-state index in [2.05, 4.69) is 11.8 Å². The third kappa shape index (κ3) is 2.34. The van der Waals surface area contributed by atoms with Gasteiger partial charge in [0.1, 0.15) is 0 Å². The molecule has 0 N–H and O–H groups in total. The number of carbonyl (C=O) groups excluding carboxylic acids is 1. The van der Waals surface area contributed by atoms with Gasteiger partial charge in [0, 0.05) is 24.8 Å². The Bertz CT molecular complexity index is 499. The molecule has 0 aromatic heterocycles. The summed E-state index contributed by atoms with van der Waals surface area (Å²) in [7, 11) is 0. The summed E-state index contributed by atoms with van der Waals surface area (Å²) >= 11 is 0. The van der Waals surface area contributed by atoms with Crippen LogP contribution >= 0.6 is 0 Å². The molecular formula is C13H16N2O3. The van der Waals surface area contributed by atoms with Crippen LogP contribution in [0.1, 0.15) is 30.6 Å². The Labute approximate surface area is 106 Å². The number of nitro benzene ring substituents is 1. The largest absolute Gasteiger partial charge is 0.371 e. The molecular weight excluding hydrogens is 232 g/mol. The molecule has 0 bridgehead atoms. The maximum Gasteiger partial charge on any atom is 0.282 e. The molecule has 0 spiro atoms. The van der Waals surface area contributed by atoms with Crippen molar-refractivity contribution in [2.24, 2.45) is 5.92 Å². The third-order valence-corrected chi connectivity index (χ3v) is 3.35. The van der Waals surface area contributed by atoms with Crippen LogP contribution in [0.4, 0.5) is 11.4 Å². The van der Waals surface area contributed by atoms with Crippen LogP contribution in [0.3, 0.4) is 0 Å². The summed E-state index contributed by atoms with van der Waals surface area (Å²) in [4.78, 5) is 24.0. The van der Waals surface area contributed by atoms with Gasteiger partial charge < -0.3 is 4.90 Å². The van der Waals surface area contributed by atoms with Crippen LogP contribution in [-0.4, -0.2) is 23.8 Å². The second-order valence-corrected chi connectivity index (χ2v) is 4.85. The smallest absolute Gasteiger partial charge is 0.282 e. The Kier molecular flexibility index (Phi) is 3.32. The first-order valence-electron chi connectivity index (χ1n) is 6.03. The number of rotatable bonds is 3. The lowest BCUT2D eigenvalue weighted by Gasteiger charge is -2.18. The van der Waals surface area contributed by atoms with E-state index in [1.165, 1.54) is 13.0 Å². The van der Waals surface area contributed by atoms with Crippen molar-refractivity contribution < 1.29 is 9.72 Å². The van der Waals surface area contributed by atoms with Gasteiger partial charge in [-0.1, -0.05) is 6.92 Å². The van der Waals surface area contributed by atoms with Gasteiger partial charge in [0.25, 0.3) is 5.69 Å². The van der Waals surface area contributed by atoms with Crippen molar-refractivity contribution >= 4 is 17.2 Å². The minimum absolute atomic E-state index is 0.0976. The average Bonchev–Trinajstić information content (AvgIpc) is 2.75. The summed E-state index contributed by atoms with van der Waals surface area (Å²) < 4.78 is 0. The summed E-state index contributed by atoms with van der Waals surface area (Å²) in [6, 6.07) is 4.86. The zero-order chi connectivity index (χ0) is 13.3. The van der Waals surface area contributed by atoms with Crippen molar-refractivity contribution in [3.8, 4) is 0 Å². The summed E-state index contributed by atoms with van der Waals surface area (Å²) in [5.41, 5.74) is 0.909. The van der Waals surface area contributed by atoms with Crippen molar-refractivity contribution in [1.29, 1.82) is 0 Å². The van der Waals surface area contributed by atoms with E-state index in [1.54, 1.807) is 12.1 Å². The van der Waals surface area contributed by atoms with Gasteiger partial charge in [-0.25, -0.2) is 0 Å². The van der Waals surface area contributed by atoms with E-state index in [4.69, 9.17) is 0 Å². The molecule has 5 heteroatoms. The number of Topliss-reactive ketones (excluding diaryl/α,β-unsaturated/α-hetero) is 1. The lowest BCUT2D eigenvalue weighted by molar-refractivity contribution is -0.385. The predicted molar refractivity (Wildman–Crippen MR) is 69.1 cm³/mol. The van der Waals surface area contributed by atoms with E-state index in [-0.39, 0.29) is 17.0 Å². The van der Waals surface area contributed by atoms with Crippen molar-refractivity contribution in [3.05, 3.63) is 33.9 Å². The van der Waals surface area contributed by atoms with Crippen LogP contribution in [0, 0.1) is 16.0 Å². The summed E-state index contributed by atoms with van der Waals surface area (Å²) in [6.45, 7) is 5.34. The fourth-order valence-electron chi connectivity index (χ4n) is 2.34. The number of ketones is 1. The molecule has 1 fully saturated rings. The molecule has 0 radical (unpaired) electrons. The average molecular weight is 248 g/mol. The van der Waals surface area contributed by atoms with Gasteiger partial charge in [-0.3, -0.25) is 14.9 Å². The van der Waals surface area contributed by atoms with Crippen LogP contribution in [0.15, 0.2) is 18.2 Å². The van der Waals surface area contributed by atoms with Gasteiger partial charge >= 0.3 is 0 Å². The number of anilines is 1. The molecule has 1 aliphatic heterocycles. The van der Waals surface area contributed by atoms with E-state index in [0.717, 1.165) is 25.2 Å². The van der Waals surface area contributed by atoms with Gasteiger partial charge in [-0.15, -0.1) is 0 Å². The van der Waals surface area contributed by atoms with Gasteiger partial charge in [0.05, 0.1) is 10.5 Å². The number of hydrogen-bond acceptors (Lipinski definition) is 4. The molecule has 18 heavy (non-hydrogen) atoms. The number of nitrogens with zero attached hydrogens (tertiary/aromatic N) is 2. The van der Waals surface area contributed by atoms with Crippen LogP contribution in [-0.2, 0) is 0 Å². The van der Waals surface area contributed by atoms with E-state index in [9.17, 15) is 14.9 Å². The van der Waals surface area contributed by atoms with Crippen LogP contribution in [0.25, 0.3) is 0 Å². The molecule has 0 saturated carbocycles. The first kappa shape index (κ1) is 12.5. The number of nitro groups is 1. The molecule has 5 nitrogen and oxygen atoms in total. The van der Waals surface area contributed by atoms with Gasteiger partial charge in [-0.05, 0) is 31.4 Å². The molecule has 2 rings (SSSR count). The normalized spacial score (nSPS) is 19.0. The molecule has 1 saturated heterocycles. The fourth-order valence-corrected chi connectivity index (χ4v) is 2.34. The van der Waals surface area contributed by atoms with Gasteiger partial charge in [-0.2, -0.15) is 0 Å². The summed E-state index contributed by atoms with van der Waals surface area (Å²) in [5, 5.41) is 11.0. The maximum atomic E-state index is 11.3. The third-order valence-electron chi connectivity index (χ3n) is 3.35. The van der Waals surface area contributed by atoms with Crippen LogP contribution < -0.4 is 4.90 Å². The van der Waals surface area contributed by atoms with Crippen LogP contribution in [0.5, 0.6) is 0 Å². The Balaban J connectivity index is 2.37. The van der Waals surface area contributed by atoms with E-state index in [0.29, 0.717) is 5.92 Å². The minimum atomic E-state index is -0.486. The second-order valence-electron chi connectivity index (χ2n) is 4.85. The monoisotopic (exact) mass is 248 g/mol. The Morgan fingerprint density at radius 3 is 2.72 bits per heavy atom. The number of carbonyl (C=O) groups is 1. The molecule has 1 atom stereocenters. The van der Waals surface area contributed by atoms with E-state index < -0.39 is 4.92 Å². The highest BCUT2D eigenvalue weighted by atomic mass is 16.6.